The van der Waals surface area contributed by atoms with Gasteiger partial charge in [-0.2, -0.15) is 0 Å². The van der Waals surface area contributed by atoms with Crippen molar-refractivity contribution in [3.05, 3.63) is 17.7 Å². The Kier molecular flexibility index (Phi) is 3.34. The van der Waals surface area contributed by atoms with Crippen molar-refractivity contribution in [1.82, 2.24) is 4.98 Å². The molecule has 0 aliphatic carbocycles. The van der Waals surface area contributed by atoms with Crippen LogP contribution in [-0.4, -0.2) is 50.5 Å². The number of aryl methyl sites for hydroxylation is 1. The van der Waals surface area contributed by atoms with Crippen molar-refractivity contribution in [3.8, 4) is 0 Å². The van der Waals surface area contributed by atoms with Gasteiger partial charge in [0.1, 0.15) is 11.6 Å². The van der Waals surface area contributed by atoms with E-state index in [2.05, 4.69) is 34.3 Å². The van der Waals surface area contributed by atoms with Crippen molar-refractivity contribution in [2.75, 3.05) is 49.7 Å². The quantitative estimate of drug-likeness (QED) is 0.867. The van der Waals surface area contributed by atoms with E-state index in [9.17, 15) is 0 Å². The first-order chi connectivity index (χ1) is 8.81. The first kappa shape index (κ1) is 11.7. The van der Waals surface area contributed by atoms with Gasteiger partial charge in [-0.15, -0.1) is 0 Å². The molecule has 0 saturated carbocycles. The van der Waals surface area contributed by atoms with Crippen molar-refractivity contribution in [2.45, 2.75) is 13.0 Å². The lowest BCUT2D eigenvalue weighted by Gasteiger charge is -2.30. The van der Waals surface area contributed by atoms with Gasteiger partial charge in [0.25, 0.3) is 0 Å². The maximum atomic E-state index is 5.37. The minimum absolute atomic E-state index is 0.414. The third-order valence-corrected chi connectivity index (χ3v) is 3.28. The average Bonchev–Trinajstić information content (AvgIpc) is 2.34. The zero-order valence-corrected chi connectivity index (χ0v) is 10.7. The highest BCUT2D eigenvalue weighted by molar-refractivity contribution is 5.51. The molecule has 0 atom stereocenters. The van der Waals surface area contributed by atoms with Gasteiger partial charge in [0, 0.05) is 13.1 Å². The second-order valence-electron chi connectivity index (χ2n) is 4.87. The summed E-state index contributed by atoms with van der Waals surface area (Å²) in [6.45, 7) is 7.08. The molecular formula is C13H19N3O2. The van der Waals surface area contributed by atoms with E-state index in [1.54, 1.807) is 0 Å². The first-order valence-electron chi connectivity index (χ1n) is 6.47. The van der Waals surface area contributed by atoms with E-state index in [0.717, 1.165) is 51.2 Å². The van der Waals surface area contributed by atoms with Gasteiger partial charge in [-0.05, 0) is 24.6 Å². The van der Waals surface area contributed by atoms with Gasteiger partial charge in [-0.1, -0.05) is 0 Å². The van der Waals surface area contributed by atoms with Crippen molar-refractivity contribution >= 4 is 11.6 Å². The minimum Gasteiger partial charge on any atom is -0.378 e. The summed E-state index contributed by atoms with van der Waals surface area (Å²) in [6, 6.07) is 4.63. The molecule has 0 radical (unpaired) electrons. The molecule has 2 saturated heterocycles. The third kappa shape index (κ3) is 2.57. The number of rotatable bonds is 3. The second-order valence-corrected chi connectivity index (χ2v) is 4.87. The molecule has 0 amide bonds. The molecule has 0 bridgehead atoms. The zero-order chi connectivity index (χ0) is 12.4. The summed E-state index contributed by atoms with van der Waals surface area (Å²) in [5.74, 6) is 1.99. The number of hydrogen-bond acceptors (Lipinski definition) is 5. The van der Waals surface area contributed by atoms with Crippen LogP contribution in [0.15, 0.2) is 12.1 Å². The fraction of sp³-hybridized carbons (Fsp3) is 0.615. The molecule has 0 unspecified atom stereocenters. The van der Waals surface area contributed by atoms with E-state index >= 15 is 0 Å². The third-order valence-electron chi connectivity index (χ3n) is 3.28. The van der Waals surface area contributed by atoms with Gasteiger partial charge in [0.2, 0.25) is 0 Å². The zero-order valence-electron chi connectivity index (χ0n) is 10.7. The van der Waals surface area contributed by atoms with Crippen LogP contribution in [0.4, 0.5) is 11.6 Å². The molecule has 2 aliphatic heterocycles. The van der Waals surface area contributed by atoms with Crippen LogP contribution < -0.4 is 10.2 Å². The van der Waals surface area contributed by atoms with Gasteiger partial charge >= 0.3 is 0 Å². The highest BCUT2D eigenvalue weighted by Gasteiger charge is 2.19. The molecule has 0 spiro atoms. The monoisotopic (exact) mass is 249 g/mol. The molecule has 2 aliphatic rings. The standard InChI is InChI=1S/C13H19N3O2/c1-10-6-12(14-11-8-18-9-11)15-13(7-10)16-2-4-17-5-3-16/h6-7,11H,2-5,8-9H2,1H3,(H,14,15). The summed E-state index contributed by atoms with van der Waals surface area (Å²) >= 11 is 0. The molecule has 18 heavy (non-hydrogen) atoms. The molecule has 3 rings (SSSR count). The first-order valence-corrected chi connectivity index (χ1v) is 6.47. The predicted octanol–water partition coefficient (Wildman–Crippen LogP) is 1.04. The Morgan fingerprint density at radius 3 is 2.67 bits per heavy atom. The lowest BCUT2D eigenvalue weighted by molar-refractivity contribution is 0.0209. The van der Waals surface area contributed by atoms with Crippen molar-refractivity contribution in [2.24, 2.45) is 0 Å². The number of nitrogens with one attached hydrogen (secondary N) is 1. The van der Waals surface area contributed by atoms with Gasteiger partial charge in [0.05, 0.1) is 32.5 Å². The Bertz CT molecular complexity index is 415. The van der Waals surface area contributed by atoms with Crippen LogP contribution in [0.25, 0.3) is 0 Å². The van der Waals surface area contributed by atoms with E-state index in [1.807, 2.05) is 0 Å². The number of aromatic nitrogens is 1. The van der Waals surface area contributed by atoms with Crippen molar-refractivity contribution in [3.63, 3.8) is 0 Å². The molecule has 98 valence electrons. The lowest BCUT2D eigenvalue weighted by Crippen LogP contribution is -2.41. The van der Waals surface area contributed by atoms with E-state index < -0.39 is 0 Å². The maximum Gasteiger partial charge on any atom is 0.131 e. The van der Waals surface area contributed by atoms with Crippen LogP contribution in [0, 0.1) is 6.92 Å². The van der Waals surface area contributed by atoms with Crippen LogP contribution in [0.3, 0.4) is 0 Å². The summed E-state index contributed by atoms with van der Waals surface area (Å²) in [7, 11) is 0. The van der Waals surface area contributed by atoms with Gasteiger partial charge in [-0.25, -0.2) is 4.98 Å². The van der Waals surface area contributed by atoms with E-state index in [4.69, 9.17) is 9.47 Å². The normalized spacial score (nSPS) is 20.6. The topological polar surface area (TPSA) is 46.6 Å². The minimum atomic E-state index is 0.414. The maximum absolute atomic E-state index is 5.37. The number of pyridine rings is 1. The Balaban J connectivity index is 1.75. The number of ether oxygens (including phenoxy) is 2. The van der Waals surface area contributed by atoms with Gasteiger partial charge in [0.15, 0.2) is 0 Å². The molecule has 0 aromatic carbocycles. The molecule has 2 fully saturated rings. The summed E-state index contributed by atoms with van der Waals surface area (Å²) in [4.78, 5) is 6.96. The fourth-order valence-electron chi connectivity index (χ4n) is 2.21. The molecule has 1 aromatic rings. The highest BCUT2D eigenvalue weighted by atomic mass is 16.5. The summed E-state index contributed by atoms with van der Waals surface area (Å²) in [6.07, 6.45) is 0. The van der Waals surface area contributed by atoms with E-state index in [1.165, 1.54) is 5.56 Å². The van der Waals surface area contributed by atoms with Crippen LogP contribution in [0.2, 0.25) is 0 Å². The summed E-state index contributed by atoms with van der Waals surface area (Å²) in [5.41, 5.74) is 1.23. The number of morpholine rings is 1. The Labute approximate surface area is 107 Å². The SMILES string of the molecule is Cc1cc(NC2COC2)nc(N2CCOCC2)c1. The molecule has 1 aromatic heterocycles. The van der Waals surface area contributed by atoms with Crippen molar-refractivity contribution < 1.29 is 9.47 Å². The molecule has 3 heterocycles. The molecule has 5 heteroatoms. The fourth-order valence-corrected chi connectivity index (χ4v) is 2.21. The van der Waals surface area contributed by atoms with Crippen LogP contribution in [0.5, 0.6) is 0 Å². The van der Waals surface area contributed by atoms with Crippen LogP contribution in [0.1, 0.15) is 5.56 Å². The number of nitrogens with zero attached hydrogens (tertiary/aromatic N) is 2. The second kappa shape index (κ2) is 5.12. The predicted molar refractivity (Wildman–Crippen MR) is 70.2 cm³/mol. The Hall–Kier alpha value is -1.33. The molecule has 1 N–H and O–H groups in total. The lowest BCUT2D eigenvalue weighted by atomic mass is 10.2. The highest BCUT2D eigenvalue weighted by Crippen LogP contribution is 2.20. The van der Waals surface area contributed by atoms with Gasteiger partial charge in [-0.3, -0.25) is 0 Å². The Morgan fingerprint density at radius 1 is 1.22 bits per heavy atom. The van der Waals surface area contributed by atoms with Crippen LogP contribution in [-0.2, 0) is 9.47 Å². The summed E-state index contributed by atoms with van der Waals surface area (Å²) in [5, 5.41) is 3.40. The number of hydrogen-bond donors (Lipinski definition) is 1. The van der Waals surface area contributed by atoms with E-state index in [0.29, 0.717) is 6.04 Å². The Morgan fingerprint density at radius 2 is 2.00 bits per heavy atom. The van der Waals surface area contributed by atoms with E-state index in [-0.39, 0.29) is 0 Å². The average molecular weight is 249 g/mol. The summed E-state index contributed by atoms with van der Waals surface area (Å²) < 4.78 is 10.5. The van der Waals surface area contributed by atoms with Crippen LogP contribution >= 0.6 is 0 Å². The molecule has 5 nitrogen and oxygen atoms in total. The molecular weight excluding hydrogens is 230 g/mol. The number of anilines is 2. The smallest absolute Gasteiger partial charge is 0.131 e. The largest absolute Gasteiger partial charge is 0.378 e. The van der Waals surface area contributed by atoms with Crippen molar-refractivity contribution in [1.29, 1.82) is 0 Å². The van der Waals surface area contributed by atoms with Gasteiger partial charge < -0.3 is 19.7 Å².